The topological polar surface area (TPSA) is 75.5 Å². The van der Waals surface area contributed by atoms with Crippen LogP contribution in [0.3, 0.4) is 0 Å². The van der Waals surface area contributed by atoms with Gasteiger partial charge in [0.15, 0.2) is 0 Å². The van der Waals surface area contributed by atoms with Crippen molar-refractivity contribution in [3.05, 3.63) is 66.1 Å². The number of methoxy groups -OCH3 is 1. The van der Waals surface area contributed by atoms with E-state index in [4.69, 9.17) is 4.74 Å². The molecule has 1 aliphatic rings. The number of pyridine rings is 2. The first-order chi connectivity index (χ1) is 17.0. The van der Waals surface area contributed by atoms with Gasteiger partial charge in [-0.05, 0) is 79.6 Å². The van der Waals surface area contributed by atoms with Crippen LogP contribution in [0.15, 0.2) is 55.0 Å². The Balaban J connectivity index is 1.39. The minimum Gasteiger partial charge on any atom is -0.497 e. The van der Waals surface area contributed by atoms with Crippen molar-refractivity contribution in [1.29, 1.82) is 0 Å². The molecule has 1 aliphatic heterocycles. The summed E-state index contributed by atoms with van der Waals surface area (Å²) in [6.07, 6.45) is 5.83. The molecule has 1 aromatic carbocycles. The highest BCUT2D eigenvalue weighted by Crippen LogP contribution is 2.36. The molecule has 4 rings (SSSR count). The number of carboxylic acid groups (broad SMARTS) is 1. The van der Waals surface area contributed by atoms with E-state index in [9.17, 15) is 9.90 Å². The predicted molar refractivity (Wildman–Crippen MR) is 133 cm³/mol. The SMILES string of the molecule is COc1ccc2nccc([C@H](F)CC[C@@H]3CCN(CC#Cc4cccnc4)C[C@@H]3CC(=O)O)c2c1. The third-order valence-electron chi connectivity index (χ3n) is 6.72. The van der Waals surface area contributed by atoms with E-state index in [1.807, 2.05) is 30.3 Å². The lowest BCUT2D eigenvalue weighted by Gasteiger charge is -2.37. The second kappa shape index (κ2) is 11.8. The van der Waals surface area contributed by atoms with Gasteiger partial charge in [0.1, 0.15) is 11.9 Å². The van der Waals surface area contributed by atoms with Crippen LogP contribution in [0.1, 0.15) is 43.0 Å². The number of aromatic nitrogens is 2. The van der Waals surface area contributed by atoms with Gasteiger partial charge in [-0.2, -0.15) is 0 Å². The minimum absolute atomic E-state index is 0.0251. The maximum absolute atomic E-state index is 15.4. The fraction of sp³-hybridized carbons (Fsp3) is 0.393. The van der Waals surface area contributed by atoms with Crippen LogP contribution in [0.5, 0.6) is 5.75 Å². The second-order valence-corrected chi connectivity index (χ2v) is 9.01. The first kappa shape index (κ1) is 24.6. The first-order valence-electron chi connectivity index (χ1n) is 11.9. The molecule has 0 unspecified atom stereocenters. The lowest BCUT2D eigenvalue weighted by molar-refractivity contribution is -0.139. The van der Waals surface area contributed by atoms with E-state index in [1.165, 1.54) is 0 Å². The summed E-state index contributed by atoms with van der Waals surface area (Å²) in [5, 5.41) is 10.2. The van der Waals surface area contributed by atoms with Crippen LogP contribution in [-0.2, 0) is 4.79 Å². The number of carboxylic acids is 1. The van der Waals surface area contributed by atoms with Gasteiger partial charge in [-0.25, -0.2) is 4.39 Å². The molecule has 1 fully saturated rings. The number of alkyl halides is 1. The van der Waals surface area contributed by atoms with Gasteiger partial charge < -0.3 is 9.84 Å². The summed E-state index contributed by atoms with van der Waals surface area (Å²) in [6, 6.07) is 11.0. The molecule has 182 valence electrons. The number of benzene rings is 1. The smallest absolute Gasteiger partial charge is 0.303 e. The zero-order chi connectivity index (χ0) is 24.6. The van der Waals surface area contributed by atoms with Crippen LogP contribution < -0.4 is 4.74 Å². The Morgan fingerprint density at radius 2 is 2.17 bits per heavy atom. The van der Waals surface area contributed by atoms with E-state index in [0.29, 0.717) is 37.2 Å². The van der Waals surface area contributed by atoms with E-state index < -0.39 is 12.1 Å². The standard InChI is InChI=1S/C28H30FN3O3/c1-35-23-7-9-27-25(17-23)24(10-13-31-27)26(29)8-6-21-11-15-32(19-22(21)16-28(33)34)14-3-5-20-4-2-12-30-18-20/h2,4,7,9-10,12-13,17-18,21-22,26H,6,8,11,14-16,19H2,1H3,(H,33,34)/t21-,22+,26-/m1/s1. The molecule has 0 aliphatic carbocycles. The maximum Gasteiger partial charge on any atom is 0.303 e. The zero-order valence-corrected chi connectivity index (χ0v) is 19.9. The van der Waals surface area contributed by atoms with Crippen LogP contribution in [0.4, 0.5) is 4.39 Å². The number of hydrogen-bond acceptors (Lipinski definition) is 5. The Morgan fingerprint density at radius 1 is 1.29 bits per heavy atom. The highest BCUT2D eigenvalue weighted by atomic mass is 19.1. The molecule has 0 saturated carbocycles. The van der Waals surface area contributed by atoms with E-state index in [0.717, 1.165) is 29.4 Å². The Labute approximate surface area is 205 Å². The third kappa shape index (κ3) is 6.55. The van der Waals surface area contributed by atoms with Gasteiger partial charge in [0.25, 0.3) is 0 Å². The molecule has 7 heteroatoms. The lowest BCUT2D eigenvalue weighted by atomic mass is 9.79. The van der Waals surface area contributed by atoms with Crippen LogP contribution in [0.2, 0.25) is 0 Å². The van der Waals surface area contributed by atoms with E-state index >= 15 is 4.39 Å². The van der Waals surface area contributed by atoms with E-state index in [2.05, 4.69) is 26.7 Å². The molecule has 3 aromatic rings. The van der Waals surface area contributed by atoms with Gasteiger partial charge in [-0.1, -0.05) is 11.8 Å². The first-order valence-corrected chi connectivity index (χ1v) is 11.9. The zero-order valence-electron chi connectivity index (χ0n) is 19.9. The van der Waals surface area contributed by atoms with Crippen LogP contribution in [-0.4, -0.2) is 52.7 Å². The van der Waals surface area contributed by atoms with E-state index in [1.54, 1.807) is 31.8 Å². The molecule has 6 nitrogen and oxygen atoms in total. The highest BCUT2D eigenvalue weighted by Gasteiger charge is 2.31. The summed E-state index contributed by atoms with van der Waals surface area (Å²) in [5.41, 5.74) is 2.20. The number of hydrogen-bond donors (Lipinski definition) is 1. The van der Waals surface area contributed by atoms with Crippen LogP contribution in [0, 0.1) is 23.7 Å². The Bertz CT molecular complexity index is 1210. The molecule has 0 bridgehead atoms. The van der Waals surface area contributed by atoms with Gasteiger partial charge in [0, 0.05) is 42.5 Å². The normalized spacial score (nSPS) is 19.0. The van der Waals surface area contributed by atoms with E-state index in [-0.39, 0.29) is 18.3 Å². The van der Waals surface area contributed by atoms with Crippen LogP contribution in [0.25, 0.3) is 10.9 Å². The highest BCUT2D eigenvalue weighted by molar-refractivity contribution is 5.83. The monoisotopic (exact) mass is 475 g/mol. The van der Waals surface area contributed by atoms with Gasteiger partial charge in [0.2, 0.25) is 0 Å². The fourth-order valence-corrected chi connectivity index (χ4v) is 4.89. The number of rotatable bonds is 8. The number of piperidine rings is 1. The molecule has 0 radical (unpaired) electrons. The second-order valence-electron chi connectivity index (χ2n) is 9.01. The molecule has 1 N–H and O–H groups in total. The number of carbonyl (C=O) groups is 1. The summed E-state index contributed by atoms with van der Waals surface area (Å²) < 4.78 is 20.7. The average Bonchev–Trinajstić information content (AvgIpc) is 2.87. The van der Waals surface area contributed by atoms with Gasteiger partial charge in [0.05, 0.1) is 19.2 Å². The number of halogens is 1. The Hall–Kier alpha value is -3.50. The van der Waals surface area contributed by atoms with Crippen LogP contribution >= 0.6 is 0 Å². The third-order valence-corrected chi connectivity index (χ3v) is 6.72. The molecule has 1 saturated heterocycles. The van der Waals surface area contributed by atoms with Crippen molar-refractivity contribution in [3.63, 3.8) is 0 Å². The van der Waals surface area contributed by atoms with Crippen molar-refractivity contribution in [2.24, 2.45) is 11.8 Å². The summed E-state index contributed by atoms with van der Waals surface area (Å²) in [5.74, 6) is 6.27. The number of ether oxygens (including phenoxy) is 1. The van der Waals surface area contributed by atoms with Crippen molar-refractivity contribution >= 4 is 16.9 Å². The number of likely N-dealkylation sites (tertiary alicyclic amines) is 1. The summed E-state index contributed by atoms with van der Waals surface area (Å²) in [4.78, 5) is 22.1. The average molecular weight is 476 g/mol. The van der Waals surface area contributed by atoms with Crippen molar-refractivity contribution in [2.75, 3.05) is 26.7 Å². The van der Waals surface area contributed by atoms with Crippen molar-refractivity contribution in [3.8, 4) is 17.6 Å². The van der Waals surface area contributed by atoms with Crippen molar-refractivity contribution in [1.82, 2.24) is 14.9 Å². The fourth-order valence-electron chi connectivity index (χ4n) is 4.89. The molecular formula is C28H30FN3O3. The molecule has 2 aromatic heterocycles. The van der Waals surface area contributed by atoms with Gasteiger partial charge in [-0.3, -0.25) is 19.7 Å². The Morgan fingerprint density at radius 3 is 2.94 bits per heavy atom. The van der Waals surface area contributed by atoms with Gasteiger partial charge in [-0.15, -0.1) is 0 Å². The predicted octanol–water partition coefficient (Wildman–Crippen LogP) is 4.89. The molecular weight excluding hydrogens is 445 g/mol. The quantitative estimate of drug-likeness (QED) is 0.468. The minimum atomic E-state index is -1.15. The number of fused-ring (bicyclic) bond motifs is 1. The summed E-state index contributed by atoms with van der Waals surface area (Å²) in [6.45, 7) is 2.06. The molecule has 0 spiro atoms. The van der Waals surface area contributed by atoms with Gasteiger partial charge >= 0.3 is 5.97 Å². The molecule has 3 heterocycles. The van der Waals surface area contributed by atoms with Crippen molar-refractivity contribution < 1.29 is 19.0 Å². The Kier molecular flexibility index (Phi) is 8.27. The molecule has 3 atom stereocenters. The summed E-state index contributed by atoms with van der Waals surface area (Å²) >= 11 is 0. The number of nitrogens with zero attached hydrogens (tertiary/aromatic N) is 3. The largest absolute Gasteiger partial charge is 0.497 e. The number of aliphatic carboxylic acids is 1. The lowest BCUT2D eigenvalue weighted by Crippen LogP contribution is -2.41. The van der Waals surface area contributed by atoms with Crippen molar-refractivity contribution in [2.45, 2.75) is 31.9 Å². The molecule has 0 amide bonds. The molecule has 35 heavy (non-hydrogen) atoms. The maximum atomic E-state index is 15.4. The summed E-state index contributed by atoms with van der Waals surface area (Å²) in [7, 11) is 1.59.